The van der Waals surface area contributed by atoms with Crippen molar-refractivity contribution >= 4 is 8.32 Å². The summed E-state index contributed by atoms with van der Waals surface area (Å²) in [4.78, 5) is 0. The lowest BCUT2D eigenvalue weighted by Crippen LogP contribution is -2.38. The Morgan fingerprint density at radius 1 is 0.500 bits per heavy atom. The highest BCUT2D eigenvalue weighted by Gasteiger charge is 2.32. The van der Waals surface area contributed by atoms with Crippen LogP contribution in [0.1, 0.15) is 105 Å². The van der Waals surface area contributed by atoms with Crippen LogP contribution in [-0.2, 0) is 4.43 Å². The summed E-state index contributed by atoms with van der Waals surface area (Å²) in [5, 5.41) is 0. The molecule has 0 bridgehead atoms. The minimum atomic E-state index is -1.43. The summed E-state index contributed by atoms with van der Waals surface area (Å²) in [5.74, 6) is 0. The normalized spacial score (nSPS) is 12.0. The van der Waals surface area contributed by atoms with E-state index in [1.807, 2.05) is 0 Å². The highest BCUT2D eigenvalue weighted by molar-refractivity contribution is 6.73. The molecule has 0 atom stereocenters. The smallest absolute Gasteiger partial charge is 0.192 e. The highest BCUT2D eigenvalue weighted by atomic mass is 28.4. The van der Waals surface area contributed by atoms with Crippen molar-refractivity contribution in [1.29, 1.82) is 0 Å². The highest BCUT2D eigenvalue weighted by Crippen LogP contribution is 2.30. The maximum atomic E-state index is 6.68. The maximum Gasteiger partial charge on any atom is 0.192 e. The van der Waals surface area contributed by atoms with E-state index in [0.717, 1.165) is 6.61 Å². The van der Waals surface area contributed by atoms with Crippen LogP contribution in [0.4, 0.5) is 0 Å². The van der Waals surface area contributed by atoms with Gasteiger partial charge in [-0.15, -0.1) is 0 Å². The fourth-order valence-corrected chi connectivity index (χ4v) is 8.01. The summed E-state index contributed by atoms with van der Waals surface area (Å²) in [7, 11) is -1.43. The van der Waals surface area contributed by atoms with Gasteiger partial charge in [0.25, 0.3) is 0 Å². The second kappa shape index (κ2) is 16.0. The molecule has 0 aromatic heterocycles. The molecule has 0 saturated carbocycles. The predicted octanol–water partition coefficient (Wildman–Crippen LogP) is 7.71. The van der Waals surface area contributed by atoms with Crippen LogP contribution >= 0.6 is 0 Å². The molecule has 0 saturated heterocycles. The quantitative estimate of drug-likeness (QED) is 0.196. The first-order valence-corrected chi connectivity index (χ1v) is 12.9. The summed E-state index contributed by atoms with van der Waals surface area (Å²) < 4.78 is 6.68. The van der Waals surface area contributed by atoms with Gasteiger partial charge in [0.15, 0.2) is 8.32 Å². The van der Waals surface area contributed by atoms with E-state index in [1.54, 1.807) is 0 Å². The van der Waals surface area contributed by atoms with Gasteiger partial charge in [-0.2, -0.15) is 0 Å². The Kier molecular flexibility index (Phi) is 16.2. The first kappa shape index (κ1) is 22.2. The molecule has 1 nitrogen and oxygen atoms in total. The second-order valence-corrected chi connectivity index (χ2v) is 11.3. The van der Waals surface area contributed by atoms with Crippen LogP contribution < -0.4 is 0 Å². The summed E-state index contributed by atoms with van der Waals surface area (Å²) in [6, 6.07) is 4.25. The first-order chi connectivity index (χ1) is 10.7. The first-order valence-electron chi connectivity index (χ1n) is 10.4. The van der Waals surface area contributed by atoms with E-state index in [9.17, 15) is 0 Å². The number of rotatable bonds is 17. The van der Waals surface area contributed by atoms with E-state index >= 15 is 0 Å². The summed E-state index contributed by atoms with van der Waals surface area (Å²) in [6.07, 6.45) is 16.4. The summed E-state index contributed by atoms with van der Waals surface area (Å²) >= 11 is 0. The lowest BCUT2D eigenvalue weighted by atomic mass is 10.1. The second-order valence-electron chi connectivity index (χ2n) is 7.11. The van der Waals surface area contributed by atoms with Gasteiger partial charge in [-0.25, -0.2) is 0 Å². The van der Waals surface area contributed by atoms with Crippen LogP contribution in [-0.4, -0.2) is 14.9 Å². The average Bonchev–Trinajstić information content (AvgIpc) is 2.55. The van der Waals surface area contributed by atoms with Crippen molar-refractivity contribution in [2.24, 2.45) is 0 Å². The van der Waals surface area contributed by atoms with Gasteiger partial charge in [0.1, 0.15) is 0 Å². The molecule has 0 heterocycles. The molecule has 0 aliphatic rings. The van der Waals surface area contributed by atoms with Crippen LogP contribution in [0.3, 0.4) is 0 Å². The van der Waals surface area contributed by atoms with Gasteiger partial charge in [0.05, 0.1) is 0 Å². The van der Waals surface area contributed by atoms with E-state index in [-0.39, 0.29) is 0 Å². The van der Waals surface area contributed by atoms with Crippen molar-refractivity contribution in [2.75, 3.05) is 6.61 Å². The standard InChI is InChI=1S/C20H44OSi/c1-5-9-13-14-15-16-17-21-22(18-10-6-2,19-11-7-3)20-12-8-4/h5-20H2,1-4H3. The van der Waals surface area contributed by atoms with Crippen LogP contribution in [0.15, 0.2) is 0 Å². The maximum absolute atomic E-state index is 6.68. The third kappa shape index (κ3) is 11.7. The minimum Gasteiger partial charge on any atom is -0.417 e. The molecule has 0 aromatic carbocycles. The van der Waals surface area contributed by atoms with Crippen molar-refractivity contribution in [3.8, 4) is 0 Å². The fraction of sp³-hybridized carbons (Fsp3) is 1.00. The van der Waals surface area contributed by atoms with Gasteiger partial charge >= 0.3 is 0 Å². The Bertz CT molecular complexity index is 196. The molecular weight excluding hydrogens is 284 g/mol. The number of hydrogen-bond donors (Lipinski definition) is 0. The Morgan fingerprint density at radius 2 is 0.909 bits per heavy atom. The molecule has 0 amide bonds. The van der Waals surface area contributed by atoms with E-state index in [1.165, 1.54) is 95.2 Å². The summed E-state index contributed by atoms with van der Waals surface area (Å²) in [5.41, 5.74) is 0. The molecule has 22 heavy (non-hydrogen) atoms. The van der Waals surface area contributed by atoms with Crippen LogP contribution in [0.5, 0.6) is 0 Å². The topological polar surface area (TPSA) is 9.23 Å². The van der Waals surface area contributed by atoms with Gasteiger partial charge in [-0.05, 0) is 24.6 Å². The SMILES string of the molecule is CCCCCCCCO[Si](CCCC)(CCCC)CCCC. The average molecular weight is 329 g/mol. The Balaban J connectivity index is 4.21. The van der Waals surface area contributed by atoms with Gasteiger partial charge in [0.2, 0.25) is 0 Å². The Hall–Kier alpha value is 0.177. The van der Waals surface area contributed by atoms with Gasteiger partial charge in [0, 0.05) is 6.61 Å². The van der Waals surface area contributed by atoms with Crippen LogP contribution in [0, 0.1) is 0 Å². The van der Waals surface area contributed by atoms with Crippen molar-refractivity contribution in [2.45, 2.75) is 123 Å². The molecule has 0 aliphatic heterocycles. The number of hydrogen-bond acceptors (Lipinski definition) is 1. The molecule has 0 unspecified atom stereocenters. The zero-order chi connectivity index (χ0) is 16.5. The van der Waals surface area contributed by atoms with Crippen molar-refractivity contribution in [3.63, 3.8) is 0 Å². The number of unbranched alkanes of at least 4 members (excludes halogenated alkanes) is 8. The van der Waals surface area contributed by atoms with Gasteiger partial charge in [-0.1, -0.05) is 98.3 Å². The molecule has 0 N–H and O–H groups in total. The van der Waals surface area contributed by atoms with Gasteiger partial charge in [-0.3, -0.25) is 0 Å². The van der Waals surface area contributed by atoms with Crippen LogP contribution in [0.2, 0.25) is 18.1 Å². The molecule has 0 aliphatic carbocycles. The monoisotopic (exact) mass is 328 g/mol. The van der Waals surface area contributed by atoms with E-state index in [2.05, 4.69) is 27.7 Å². The fourth-order valence-electron chi connectivity index (χ4n) is 3.26. The molecule has 0 rings (SSSR count). The molecule has 0 aromatic rings. The van der Waals surface area contributed by atoms with E-state index < -0.39 is 8.32 Å². The third-order valence-electron chi connectivity index (χ3n) is 4.86. The molecule has 2 heteroatoms. The largest absolute Gasteiger partial charge is 0.417 e. The zero-order valence-electron chi connectivity index (χ0n) is 16.2. The van der Waals surface area contributed by atoms with E-state index in [4.69, 9.17) is 4.43 Å². The van der Waals surface area contributed by atoms with Crippen LogP contribution in [0.25, 0.3) is 0 Å². The molecule has 134 valence electrons. The molecular formula is C20H44OSi. The predicted molar refractivity (Wildman–Crippen MR) is 104 cm³/mol. The molecule has 0 spiro atoms. The van der Waals surface area contributed by atoms with Crippen molar-refractivity contribution < 1.29 is 4.43 Å². The Labute approximate surface area is 142 Å². The molecule has 0 radical (unpaired) electrons. The lowest BCUT2D eigenvalue weighted by molar-refractivity contribution is 0.282. The minimum absolute atomic E-state index is 1.05. The third-order valence-corrected chi connectivity index (χ3v) is 9.47. The summed E-state index contributed by atoms with van der Waals surface area (Å²) in [6.45, 7) is 10.3. The zero-order valence-corrected chi connectivity index (χ0v) is 17.2. The van der Waals surface area contributed by atoms with Gasteiger partial charge < -0.3 is 4.43 Å². The van der Waals surface area contributed by atoms with E-state index in [0.29, 0.717) is 0 Å². The lowest BCUT2D eigenvalue weighted by Gasteiger charge is -2.32. The van der Waals surface area contributed by atoms with Crippen molar-refractivity contribution in [3.05, 3.63) is 0 Å². The Morgan fingerprint density at radius 3 is 1.36 bits per heavy atom. The molecule has 0 fully saturated rings. The van der Waals surface area contributed by atoms with Crippen molar-refractivity contribution in [1.82, 2.24) is 0 Å².